The number of likely N-dealkylation sites (N-methyl/N-ethyl adjacent to an activating group) is 1. The number of amides is 1. The lowest BCUT2D eigenvalue weighted by molar-refractivity contribution is 0.0734. The smallest absolute Gasteiger partial charge is 0.278 e. The third kappa shape index (κ3) is 3.08. The van der Waals surface area contributed by atoms with Gasteiger partial charge in [0.15, 0.2) is 11.4 Å². The first-order chi connectivity index (χ1) is 10.2. The maximum absolute atomic E-state index is 12.5. The van der Waals surface area contributed by atoms with Crippen LogP contribution in [0.25, 0.3) is 5.69 Å². The SMILES string of the molecule is CN(C(=O)c1nn(-c2ccccc2)cc1O)C1CCNC1.Cl. The third-order valence-electron chi connectivity index (χ3n) is 3.82. The Labute approximate surface area is 135 Å². The van der Waals surface area contributed by atoms with Gasteiger partial charge in [-0.15, -0.1) is 12.4 Å². The van der Waals surface area contributed by atoms with Crippen LogP contribution in [0.1, 0.15) is 16.9 Å². The molecular weight excluding hydrogens is 304 g/mol. The van der Waals surface area contributed by atoms with Crippen LogP contribution in [0, 0.1) is 0 Å². The Hall–Kier alpha value is -2.05. The van der Waals surface area contributed by atoms with Gasteiger partial charge < -0.3 is 15.3 Å². The minimum Gasteiger partial charge on any atom is -0.504 e. The number of hydrogen-bond acceptors (Lipinski definition) is 4. The fraction of sp³-hybridized carbons (Fsp3) is 0.333. The van der Waals surface area contributed by atoms with Crippen molar-refractivity contribution >= 4 is 18.3 Å². The van der Waals surface area contributed by atoms with Gasteiger partial charge in [-0.2, -0.15) is 5.10 Å². The summed E-state index contributed by atoms with van der Waals surface area (Å²) >= 11 is 0. The van der Waals surface area contributed by atoms with Gasteiger partial charge in [-0.25, -0.2) is 4.68 Å². The fourth-order valence-corrected chi connectivity index (χ4v) is 2.53. The van der Waals surface area contributed by atoms with Crippen molar-refractivity contribution in [2.45, 2.75) is 12.5 Å². The zero-order chi connectivity index (χ0) is 14.8. The molecule has 2 N–H and O–H groups in total. The van der Waals surface area contributed by atoms with Crippen LogP contribution < -0.4 is 5.32 Å². The van der Waals surface area contributed by atoms with Gasteiger partial charge in [0.1, 0.15) is 0 Å². The number of carbonyl (C=O) groups is 1. The van der Waals surface area contributed by atoms with Gasteiger partial charge in [0.05, 0.1) is 11.9 Å². The Balaban J connectivity index is 0.00000176. The Kier molecular flexibility index (Phi) is 5.05. The second kappa shape index (κ2) is 6.81. The number of rotatable bonds is 3. The number of benzene rings is 1. The molecule has 2 aromatic rings. The van der Waals surface area contributed by atoms with Crippen LogP contribution in [0.4, 0.5) is 0 Å². The molecule has 0 spiro atoms. The predicted molar refractivity (Wildman–Crippen MR) is 85.8 cm³/mol. The van der Waals surface area contributed by atoms with E-state index >= 15 is 0 Å². The van der Waals surface area contributed by atoms with Gasteiger partial charge in [0.2, 0.25) is 0 Å². The van der Waals surface area contributed by atoms with Crippen LogP contribution in [0.5, 0.6) is 5.75 Å². The Morgan fingerprint density at radius 3 is 2.77 bits per heavy atom. The maximum Gasteiger partial charge on any atom is 0.278 e. The molecule has 3 rings (SSSR count). The number of aromatic nitrogens is 2. The normalized spacial score (nSPS) is 17.0. The number of hydrogen-bond donors (Lipinski definition) is 2. The fourth-order valence-electron chi connectivity index (χ4n) is 2.53. The molecule has 1 aromatic carbocycles. The van der Waals surface area contributed by atoms with Gasteiger partial charge in [-0.05, 0) is 25.1 Å². The third-order valence-corrected chi connectivity index (χ3v) is 3.82. The van der Waals surface area contributed by atoms with E-state index in [4.69, 9.17) is 0 Å². The second-order valence-corrected chi connectivity index (χ2v) is 5.21. The first-order valence-corrected chi connectivity index (χ1v) is 6.99. The van der Waals surface area contributed by atoms with E-state index < -0.39 is 0 Å². The molecule has 7 heteroatoms. The highest BCUT2D eigenvalue weighted by atomic mass is 35.5. The van der Waals surface area contributed by atoms with Crippen LogP contribution in [0.15, 0.2) is 36.5 Å². The summed E-state index contributed by atoms with van der Waals surface area (Å²) in [4.78, 5) is 14.1. The maximum atomic E-state index is 12.5. The molecule has 0 radical (unpaired) electrons. The molecule has 1 atom stereocenters. The van der Waals surface area contributed by atoms with Crippen LogP contribution in [-0.4, -0.2) is 51.9 Å². The van der Waals surface area contributed by atoms with E-state index in [2.05, 4.69) is 10.4 Å². The number of nitrogens with zero attached hydrogens (tertiary/aromatic N) is 3. The number of nitrogens with one attached hydrogen (secondary N) is 1. The largest absolute Gasteiger partial charge is 0.504 e. The summed E-state index contributed by atoms with van der Waals surface area (Å²) in [5, 5.41) is 17.5. The zero-order valence-corrected chi connectivity index (χ0v) is 13.1. The highest BCUT2D eigenvalue weighted by Gasteiger charge is 2.27. The van der Waals surface area contributed by atoms with Crippen molar-refractivity contribution in [3.8, 4) is 11.4 Å². The van der Waals surface area contributed by atoms with Crippen LogP contribution in [-0.2, 0) is 0 Å². The molecule has 0 saturated carbocycles. The van der Waals surface area contributed by atoms with Crippen molar-refractivity contribution in [2.24, 2.45) is 0 Å². The average Bonchev–Trinajstić information content (AvgIpc) is 3.16. The molecule has 1 saturated heterocycles. The van der Waals surface area contributed by atoms with Gasteiger partial charge in [0, 0.05) is 19.6 Å². The highest BCUT2D eigenvalue weighted by Crippen LogP contribution is 2.21. The monoisotopic (exact) mass is 322 g/mol. The molecule has 1 aliphatic heterocycles. The molecule has 6 nitrogen and oxygen atoms in total. The van der Waals surface area contributed by atoms with Crippen molar-refractivity contribution in [2.75, 3.05) is 20.1 Å². The topological polar surface area (TPSA) is 70.4 Å². The van der Waals surface area contributed by atoms with Crippen molar-refractivity contribution < 1.29 is 9.90 Å². The van der Waals surface area contributed by atoms with Crippen molar-refractivity contribution in [1.82, 2.24) is 20.0 Å². The Morgan fingerprint density at radius 1 is 1.41 bits per heavy atom. The lowest BCUT2D eigenvalue weighted by Gasteiger charge is -2.22. The molecule has 1 unspecified atom stereocenters. The first kappa shape index (κ1) is 16.3. The van der Waals surface area contributed by atoms with E-state index in [0.717, 1.165) is 25.2 Å². The number of halogens is 1. The zero-order valence-electron chi connectivity index (χ0n) is 12.3. The summed E-state index contributed by atoms with van der Waals surface area (Å²) in [6.45, 7) is 1.69. The van der Waals surface area contributed by atoms with Crippen LogP contribution in [0.2, 0.25) is 0 Å². The summed E-state index contributed by atoms with van der Waals surface area (Å²) in [6, 6.07) is 9.55. The molecule has 0 bridgehead atoms. The summed E-state index contributed by atoms with van der Waals surface area (Å²) in [7, 11) is 1.75. The standard InChI is InChI=1S/C15H18N4O2.ClH/c1-18(12-7-8-16-9-12)15(21)14-13(20)10-19(17-14)11-5-3-2-4-6-11;/h2-6,10,12,16,20H,7-9H2,1H3;1H. The summed E-state index contributed by atoms with van der Waals surface area (Å²) in [5.74, 6) is -0.349. The van der Waals surface area contributed by atoms with Gasteiger partial charge >= 0.3 is 0 Å². The molecular formula is C15H19ClN4O2. The molecule has 22 heavy (non-hydrogen) atoms. The summed E-state index contributed by atoms with van der Waals surface area (Å²) in [6.07, 6.45) is 2.38. The van der Waals surface area contributed by atoms with E-state index in [1.165, 1.54) is 10.9 Å². The van der Waals surface area contributed by atoms with Gasteiger partial charge in [-0.1, -0.05) is 18.2 Å². The first-order valence-electron chi connectivity index (χ1n) is 6.99. The molecule has 1 amide bonds. The number of carbonyl (C=O) groups excluding carboxylic acids is 1. The lowest BCUT2D eigenvalue weighted by Crippen LogP contribution is -2.38. The van der Waals surface area contributed by atoms with Crippen molar-refractivity contribution in [1.29, 1.82) is 0 Å². The quantitative estimate of drug-likeness (QED) is 0.897. The molecule has 1 aliphatic rings. The average molecular weight is 323 g/mol. The van der Waals surface area contributed by atoms with Gasteiger partial charge in [0.25, 0.3) is 5.91 Å². The molecule has 0 aliphatic carbocycles. The van der Waals surface area contributed by atoms with Crippen LogP contribution in [0.3, 0.4) is 0 Å². The summed E-state index contributed by atoms with van der Waals surface area (Å²) < 4.78 is 1.52. The Bertz CT molecular complexity index is 638. The highest BCUT2D eigenvalue weighted by molar-refractivity contribution is 5.94. The van der Waals surface area contributed by atoms with Crippen molar-refractivity contribution in [3.05, 3.63) is 42.2 Å². The van der Waals surface area contributed by atoms with Crippen molar-refractivity contribution in [3.63, 3.8) is 0 Å². The number of aromatic hydroxyl groups is 1. The van der Waals surface area contributed by atoms with Crippen LogP contribution >= 0.6 is 12.4 Å². The van der Waals surface area contributed by atoms with E-state index in [1.54, 1.807) is 11.9 Å². The second-order valence-electron chi connectivity index (χ2n) is 5.21. The van der Waals surface area contributed by atoms with E-state index in [1.807, 2.05) is 30.3 Å². The predicted octanol–water partition coefficient (Wildman–Crippen LogP) is 1.43. The summed E-state index contributed by atoms with van der Waals surface area (Å²) in [5.41, 5.74) is 0.894. The Morgan fingerprint density at radius 2 is 2.14 bits per heavy atom. The van der Waals surface area contributed by atoms with Gasteiger partial charge in [-0.3, -0.25) is 4.79 Å². The molecule has 1 fully saturated rings. The molecule has 118 valence electrons. The van der Waals surface area contributed by atoms with E-state index in [9.17, 15) is 9.90 Å². The number of para-hydroxylation sites is 1. The minimum absolute atomic E-state index is 0. The lowest BCUT2D eigenvalue weighted by atomic mass is 10.2. The molecule has 2 heterocycles. The molecule has 1 aromatic heterocycles. The van der Waals surface area contributed by atoms with E-state index in [-0.39, 0.29) is 35.8 Å². The minimum atomic E-state index is -0.254. The van der Waals surface area contributed by atoms with E-state index in [0.29, 0.717) is 0 Å².